The maximum absolute atomic E-state index is 14.9. The van der Waals surface area contributed by atoms with Gasteiger partial charge in [-0.1, -0.05) is 67.1 Å². The summed E-state index contributed by atoms with van der Waals surface area (Å²) in [5.41, 5.74) is 6.18. The molecule has 2 heterocycles. The van der Waals surface area contributed by atoms with Crippen LogP contribution in [0.5, 0.6) is 0 Å². The van der Waals surface area contributed by atoms with E-state index in [4.69, 9.17) is 11.1 Å². The Morgan fingerprint density at radius 1 is 0.968 bits per heavy atom. The zero-order valence-electron chi connectivity index (χ0n) is 36.0. The lowest BCUT2D eigenvalue weighted by molar-refractivity contribution is -0.143. The zero-order chi connectivity index (χ0) is 44.6. The first-order valence-corrected chi connectivity index (χ1v) is 21.9. The molecule has 0 aromatic heterocycles. The van der Waals surface area contributed by atoms with E-state index >= 15 is 0 Å². The van der Waals surface area contributed by atoms with Gasteiger partial charge in [0.25, 0.3) is 0 Å². The first kappa shape index (κ1) is 47.1. The molecule has 3 fully saturated rings. The van der Waals surface area contributed by atoms with Crippen LogP contribution in [-0.4, -0.2) is 121 Å². The quantitative estimate of drug-likeness (QED) is 0.0616. The lowest BCUT2D eigenvalue weighted by atomic mass is 9.64. The number of nitrogens with zero attached hydrogens (tertiary/aromatic N) is 2. The van der Waals surface area contributed by atoms with Crippen molar-refractivity contribution in [1.29, 1.82) is 5.41 Å². The van der Waals surface area contributed by atoms with Crippen LogP contribution in [0.15, 0.2) is 60.7 Å². The lowest BCUT2D eigenvalue weighted by Crippen LogP contribution is -2.61. The van der Waals surface area contributed by atoms with E-state index < -0.39 is 65.7 Å². The van der Waals surface area contributed by atoms with E-state index in [1.807, 2.05) is 65.6 Å². The van der Waals surface area contributed by atoms with Gasteiger partial charge in [-0.3, -0.25) is 39.0 Å². The molecule has 7 amide bonds. The number of fused-ring (bicyclic) bond motifs is 4. The Hall–Kier alpha value is -6.00. The summed E-state index contributed by atoms with van der Waals surface area (Å²) in [5.74, 6) is -3.73. The Balaban J connectivity index is 1.50. The van der Waals surface area contributed by atoms with Crippen molar-refractivity contribution in [2.45, 2.75) is 114 Å². The van der Waals surface area contributed by atoms with Crippen LogP contribution in [0.1, 0.15) is 82.3 Å². The molecule has 17 nitrogen and oxygen atoms in total. The number of benzene rings is 2. The predicted molar refractivity (Wildman–Crippen MR) is 233 cm³/mol. The van der Waals surface area contributed by atoms with Crippen LogP contribution in [0.2, 0.25) is 0 Å². The van der Waals surface area contributed by atoms with Crippen LogP contribution in [0.4, 0.5) is 0 Å². The molecule has 1 aliphatic carbocycles. The van der Waals surface area contributed by atoms with Crippen molar-refractivity contribution in [2.24, 2.45) is 17.6 Å². The molecule has 2 saturated heterocycles. The van der Waals surface area contributed by atoms with Crippen LogP contribution in [0.25, 0.3) is 0 Å². The summed E-state index contributed by atoms with van der Waals surface area (Å²) in [6, 6.07) is 15.6. The smallest absolute Gasteiger partial charge is 0.245 e. The molecule has 62 heavy (non-hydrogen) atoms. The van der Waals surface area contributed by atoms with Crippen LogP contribution in [0, 0.1) is 17.2 Å². The van der Waals surface area contributed by atoms with E-state index in [1.165, 1.54) is 6.92 Å². The molecule has 9 N–H and O–H groups in total. The average molecular weight is 857 g/mol. The minimum atomic E-state index is -0.999. The van der Waals surface area contributed by atoms with Crippen molar-refractivity contribution in [3.63, 3.8) is 0 Å². The second-order valence-corrected chi connectivity index (χ2v) is 16.9. The molecule has 2 bridgehead atoms. The molecule has 3 aliphatic rings. The highest BCUT2D eigenvalue weighted by atomic mass is 16.2. The van der Waals surface area contributed by atoms with Crippen LogP contribution in [0.3, 0.4) is 0 Å². The molecule has 2 aliphatic heterocycles. The highest BCUT2D eigenvalue weighted by molar-refractivity contribution is 5.93. The zero-order valence-corrected chi connectivity index (χ0v) is 36.0. The van der Waals surface area contributed by atoms with Gasteiger partial charge in [0.1, 0.15) is 18.1 Å². The number of carbonyl (C=O) groups excluding carboxylic acids is 7. The highest BCUT2D eigenvalue weighted by Crippen LogP contribution is 2.46. The number of nitrogens with two attached hydrogens (primary N) is 1. The minimum absolute atomic E-state index is 0.0897. The molecule has 5 rings (SSSR count). The molecule has 2 unspecified atom stereocenters. The predicted octanol–water partition coefficient (Wildman–Crippen LogP) is 0.860. The van der Waals surface area contributed by atoms with Crippen molar-refractivity contribution >= 4 is 47.8 Å². The fraction of sp³-hybridized carbons (Fsp3) is 0.556. The lowest BCUT2D eigenvalue weighted by Gasteiger charge is -2.51. The third-order valence-electron chi connectivity index (χ3n) is 12.7. The fourth-order valence-electron chi connectivity index (χ4n) is 9.59. The Morgan fingerprint density at radius 3 is 2.35 bits per heavy atom. The molecule has 17 heteroatoms. The second kappa shape index (κ2) is 22.7. The molecular formula is C45H64N10O7. The Bertz CT molecular complexity index is 1880. The summed E-state index contributed by atoms with van der Waals surface area (Å²) in [5, 5.41) is 24.4. The number of carbonyl (C=O) groups is 7. The summed E-state index contributed by atoms with van der Waals surface area (Å²) in [4.78, 5) is 99.2. The van der Waals surface area contributed by atoms with Crippen LogP contribution >= 0.6 is 0 Å². The van der Waals surface area contributed by atoms with Gasteiger partial charge in [0.15, 0.2) is 5.96 Å². The summed E-state index contributed by atoms with van der Waals surface area (Å²) in [6.45, 7) is 1.80. The third kappa shape index (κ3) is 12.8. The van der Waals surface area contributed by atoms with Gasteiger partial charge >= 0.3 is 0 Å². The van der Waals surface area contributed by atoms with Crippen molar-refractivity contribution in [3.05, 3.63) is 71.8 Å². The molecular weight excluding hydrogens is 793 g/mol. The van der Waals surface area contributed by atoms with Crippen LogP contribution < -0.4 is 37.6 Å². The van der Waals surface area contributed by atoms with Crippen molar-refractivity contribution < 1.29 is 33.6 Å². The fourth-order valence-corrected chi connectivity index (χ4v) is 9.59. The number of rotatable bonds is 13. The van der Waals surface area contributed by atoms with Gasteiger partial charge in [-0.05, 0) is 81.3 Å². The summed E-state index contributed by atoms with van der Waals surface area (Å²) in [6.07, 6.45) is 6.12. The summed E-state index contributed by atoms with van der Waals surface area (Å²) < 4.78 is 0. The number of hydrogen-bond donors (Lipinski definition) is 8. The highest BCUT2D eigenvalue weighted by Gasteiger charge is 2.51. The standard InChI is InChI=1S/C45H64N10O7/c1-30(57)51-37(26-32-15-7-4-8-16-32)42(61)53-36-19-11-22-48-41(60)35(18-10-23-49-44(46)47)52-39(58)28-50-40(59)34(25-31-13-5-3-6-14-31)45(54(2)29-56)21-9-17-33(27-45)38-20-12-24-55(38)43(36)62/h3-8,13-16,29,33-38H,9-12,17-28H2,1-2H3,(H,48,60)(H,50,59)(H,51,57)(H,52,58)(H,53,61)(H4,46,47,49)/t33?,34-,35+,36+,37+,38+,45?/m1/s1. The van der Waals surface area contributed by atoms with Gasteiger partial charge in [-0.15, -0.1) is 0 Å². The number of hydrogen-bond acceptors (Lipinski definition) is 8. The van der Waals surface area contributed by atoms with Gasteiger partial charge in [0.05, 0.1) is 18.0 Å². The number of nitrogens with one attached hydrogen (secondary N) is 7. The molecule has 0 spiro atoms. The third-order valence-corrected chi connectivity index (χ3v) is 12.7. The molecule has 7 atom stereocenters. The molecule has 336 valence electrons. The largest absolute Gasteiger partial charge is 0.370 e. The Kier molecular flexibility index (Phi) is 17.3. The molecule has 0 radical (unpaired) electrons. The van der Waals surface area contributed by atoms with Crippen molar-refractivity contribution in [1.82, 2.24) is 41.7 Å². The normalized spacial score (nSPS) is 25.5. The molecule has 1 saturated carbocycles. The monoisotopic (exact) mass is 856 g/mol. The van der Waals surface area contributed by atoms with E-state index in [1.54, 1.807) is 11.9 Å². The van der Waals surface area contributed by atoms with Gasteiger partial charge < -0.3 is 47.4 Å². The van der Waals surface area contributed by atoms with Crippen molar-refractivity contribution in [2.75, 3.05) is 33.2 Å². The number of amides is 7. The first-order chi connectivity index (χ1) is 29.8. The van der Waals surface area contributed by atoms with Gasteiger partial charge in [-0.2, -0.15) is 0 Å². The van der Waals surface area contributed by atoms with Gasteiger partial charge in [0.2, 0.25) is 41.9 Å². The van der Waals surface area contributed by atoms with E-state index in [-0.39, 0.29) is 62.6 Å². The minimum Gasteiger partial charge on any atom is -0.370 e. The van der Waals surface area contributed by atoms with Crippen molar-refractivity contribution in [3.8, 4) is 0 Å². The Morgan fingerprint density at radius 2 is 1.68 bits per heavy atom. The first-order valence-electron chi connectivity index (χ1n) is 21.9. The molecule has 2 aromatic rings. The summed E-state index contributed by atoms with van der Waals surface area (Å²) in [7, 11) is 1.69. The SMILES string of the molecule is CC(=O)N[C@@H](Cc1ccccc1)C(=O)N[C@H]1CCCNC(=O)[C@H](CCCNC(=N)N)NC(=O)CNC(=O)[C@@H](Cc2ccccc2)C2(N(C)C=O)CCCC(C2)[C@@H]2CCCN2C1=O. The number of guanidine groups is 1. The summed E-state index contributed by atoms with van der Waals surface area (Å²) >= 11 is 0. The molecule has 2 aromatic carbocycles. The second-order valence-electron chi connectivity index (χ2n) is 16.9. The van der Waals surface area contributed by atoms with E-state index in [9.17, 15) is 33.6 Å². The van der Waals surface area contributed by atoms with E-state index in [0.29, 0.717) is 45.1 Å². The van der Waals surface area contributed by atoms with E-state index in [2.05, 4.69) is 31.9 Å². The van der Waals surface area contributed by atoms with Crippen LogP contribution in [-0.2, 0) is 46.4 Å². The Labute approximate surface area is 363 Å². The topological polar surface area (TPSA) is 248 Å². The average Bonchev–Trinajstić information content (AvgIpc) is 3.76. The van der Waals surface area contributed by atoms with E-state index in [0.717, 1.165) is 30.4 Å². The maximum atomic E-state index is 14.9. The van der Waals surface area contributed by atoms with Gasteiger partial charge in [0, 0.05) is 46.1 Å². The maximum Gasteiger partial charge on any atom is 0.245 e. The van der Waals surface area contributed by atoms with Gasteiger partial charge in [-0.25, -0.2) is 0 Å².